The molecule has 0 bridgehead atoms. The summed E-state index contributed by atoms with van der Waals surface area (Å²) in [5.74, 6) is 5.94. The van der Waals surface area contributed by atoms with Crippen LogP contribution in [0.5, 0.6) is 0 Å². The first-order chi connectivity index (χ1) is 6.65. The van der Waals surface area contributed by atoms with Gasteiger partial charge in [-0.2, -0.15) is 0 Å². The SMILES string of the molecule is CC#CCN1CCN(C(C)C)CC1=O. The highest BCUT2D eigenvalue weighted by Crippen LogP contribution is 2.06. The van der Waals surface area contributed by atoms with E-state index >= 15 is 0 Å². The second-order valence-corrected chi connectivity index (χ2v) is 3.81. The number of hydrogen-bond acceptors (Lipinski definition) is 2. The molecular formula is C11H18N2O. The third-order valence-electron chi connectivity index (χ3n) is 2.53. The van der Waals surface area contributed by atoms with Gasteiger partial charge in [0, 0.05) is 19.1 Å². The number of carbonyl (C=O) groups is 1. The third kappa shape index (κ3) is 2.74. The average molecular weight is 194 g/mol. The summed E-state index contributed by atoms with van der Waals surface area (Å²) < 4.78 is 0. The van der Waals surface area contributed by atoms with Crippen molar-refractivity contribution in [1.82, 2.24) is 9.80 Å². The summed E-state index contributed by atoms with van der Waals surface area (Å²) in [5, 5.41) is 0. The lowest BCUT2D eigenvalue weighted by Gasteiger charge is -2.35. The smallest absolute Gasteiger partial charge is 0.237 e. The fourth-order valence-corrected chi connectivity index (χ4v) is 1.51. The van der Waals surface area contributed by atoms with E-state index in [-0.39, 0.29) is 5.91 Å². The largest absolute Gasteiger partial charge is 0.329 e. The van der Waals surface area contributed by atoms with Gasteiger partial charge in [0.25, 0.3) is 0 Å². The van der Waals surface area contributed by atoms with Gasteiger partial charge in [-0.15, -0.1) is 5.92 Å². The molecule has 14 heavy (non-hydrogen) atoms. The zero-order chi connectivity index (χ0) is 10.6. The van der Waals surface area contributed by atoms with Crippen molar-refractivity contribution in [2.45, 2.75) is 26.8 Å². The Morgan fingerprint density at radius 2 is 2.14 bits per heavy atom. The maximum Gasteiger partial charge on any atom is 0.237 e. The van der Waals surface area contributed by atoms with E-state index in [2.05, 4.69) is 30.6 Å². The minimum absolute atomic E-state index is 0.202. The monoisotopic (exact) mass is 194 g/mol. The number of hydrogen-bond donors (Lipinski definition) is 0. The van der Waals surface area contributed by atoms with Gasteiger partial charge in [-0.25, -0.2) is 0 Å². The van der Waals surface area contributed by atoms with E-state index in [4.69, 9.17) is 0 Å². The van der Waals surface area contributed by atoms with Crippen LogP contribution >= 0.6 is 0 Å². The minimum Gasteiger partial charge on any atom is -0.329 e. The molecule has 0 aromatic heterocycles. The first-order valence-electron chi connectivity index (χ1n) is 5.06. The van der Waals surface area contributed by atoms with Crippen LogP contribution in [0.4, 0.5) is 0 Å². The normalized spacial score (nSPS) is 18.3. The summed E-state index contributed by atoms with van der Waals surface area (Å²) in [6.45, 7) is 8.95. The van der Waals surface area contributed by atoms with Crippen molar-refractivity contribution in [3.05, 3.63) is 0 Å². The van der Waals surface area contributed by atoms with Crippen molar-refractivity contribution >= 4 is 5.91 Å². The minimum atomic E-state index is 0.202. The first-order valence-corrected chi connectivity index (χ1v) is 5.06. The summed E-state index contributed by atoms with van der Waals surface area (Å²) in [7, 11) is 0. The van der Waals surface area contributed by atoms with Crippen LogP contribution in [0.25, 0.3) is 0 Å². The lowest BCUT2D eigenvalue weighted by Crippen LogP contribution is -2.52. The molecule has 3 nitrogen and oxygen atoms in total. The Balaban J connectivity index is 2.46. The van der Waals surface area contributed by atoms with Gasteiger partial charge in [0.05, 0.1) is 13.1 Å². The van der Waals surface area contributed by atoms with Crippen molar-refractivity contribution in [1.29, 1.82) is 0 Å². The van der Waals surface area contributed by atoms with Crippen LogP contribution in [0.2, 0.25) is 0 Å². The third-order valence-corrected chi connectivity index (χ3v) is 2.53. The van der Waals surface area contributed by atoms with Crippen LogP contribution < -0.4 is 0 Å². The van der Waals surface area contributed by atoms with E-state index in [0.29, 0.717) is 19.1 Å². The molecule has 78 valence electrons. The molecule has 0 unspecified atom stereocenters. The Morgan fingerprint density at radius 1 is 1.43 bits per heavy atom. The van der Waals surface area contributed by atoms with Gasteiger partial charge in [-0.05, 0) is 20.8 Å². The van der Waals surface area contributed by atoms with Crippen molar-refractivity contribution in [3.8, 4) is 11.8 Å². The molecule has 0 radical (unpaired) electrons. The van der Waals surface area contributed by atoms with Crippen molar-refractivity contribution in [2.75, 3.05) is 26.2 Å². The molecule has 3 heteroatoms. The highest BCUT2D eigenvalue weighted by Gasteiger charge is 2.24. The standard InChI is InChI=1S/C11H18N2O/c1-4-5-6-12-7-8-13(10(2)3)9-11(12)14/h10H,6-9H2,1-3H3. The van der Waals surface area contributed by atoms with Crippen LogP contribution in [0.1, 0.15) is 20.8 Å². The molecule has 1 aliphatic rings. The van der Waals surface area contributed by atoms with Gasteiger partial charge >= 0.3 is 0 Å². The Bertz CT molecular complexity index is 262. The Hall–Kier alpha value is -1.01. The Morgan fingerprint density at radius 3 is 2.64 bits per heavy atom. The van der Waals surface area contributed by atoms with Crippen molar-refractivity contribution < 1.29 is 4.79 Å². The topological polar surface area (TPSA) is 23.6 Å². The number of amides is 1. The number of piperazine rings is 1. The van der Waals surface area contributed by atoms with Gasteiger partial charge in [0.1, 0.15) is 0 Å². The molecule has 1 aliphatic heterocycles. The van der Waals surface area contributed by atoms with Gasteiger partial charge in [-0.3, -0.25) is 9.69 Å². The molecule has 1 rings (SSSR count). The summed E-state index contributed by atoms with van der Waals surface area (Å²) in [5.41, 5.74) is 0. The van der Waals surface area contributed by atoms with E-state index in [1.165, 1.54) is 0 Å². The summed E-state index contributed by atoms with van der Waals surface area (Å²) >= 11 is 0. The Labute approximate surface area is 86.1 Å². The molecule has 0 aliphatic carbocycles. The lowest BCUT2D eigenvalue weighted by atomic mass is 10.2. The van der Waals surface area contributed by atoms with E-state index in [9.17, 15) is 4.79 Å². The zero-order valence-electron chi connectivity index (χ0n) is 9.21. The summed E-state index contributed by atoms with van der Waals surface area (Å²) in [4.78, 5) is 15.7. The van der Waals surface area contributed by atoms with Crippen LogP contribution in [0.15, 0.2) is 0 Å². The van der Waals surface area contributed by atoms with E-state index in [1.807, 2.05) is 4.90 Å². The summed E-state index contributed by atoms with van der Waals surface area (Å²) in [6.07, 6.45) is 0. The van der Waals surface area contributed by atoms with Gasteiger partial charge in [-0.1, -0.05) is 5.92 Å². The van der Waals surface area contributed by atoms with Crippen molar-refractivity contribution in [2.24, 2.45) is 0 Å². The number of nitrogens with zero attached hydrogens (tertiary/aromatic N) is 2. The average Bonchev–Trinajstić information content (AvgIpc) is 2.15. The maximum absolute atomic E-state index is 11.6. The Kier molecular flexibility index (Phi) is 3.97. The molecule has 0 N–H and O–H groups in total. The summed E-state index contributed by atoms with van der Waals surface area (Å²) in [6, 6.07) is 0.457. The predicted octanol–water partition coefficient (Wildman–Crippen LogP) is 0.562. The van der Waals surface area contributed by atoms with E-state index in [1.54, 1.807) is 6.92 Å². The first kappa shape index (κ1) is 11.1. The number of carbonyl (C=O) groups excluding carboxylic acids is 1. The molecule has 1 saturated heterocycles. The van der Waals surface area contributed by atoms with Crippen LogP contribution in [-0.2, 0) is 4.79 Å². The second kappa shape index (κ2) is 5.02. The maximum atomic E-state index is 11.6. The highest BCUT2D eigenvalue weighted by molar-refractivity contribution is 5.79. The molecule has 1 fully saturated rings. The van der Waals surface area contributed by atoms with Crippen LogP contribution in [0, 0.1) is 11.8 Å². The molecule has 0 atom stereocenters. The molecule has 0 aromatic carbocycles. The van der Waals surface area contributed by atoms with Crippen molar-refractivity contribution in [3.63, 3.8) is 0 Å². The lowest BCUT2D eigenvalue weighted by molar-refractivity contribution is -0.135. The van der Waals surface area contributed by atoms with Gasteiger partial charge < -0.3 is 4.90 Å². The highest BCUT2D eigenvalue weighted by atomic mass is 16.2. The molecule has 1 heterocycles. The number of rotatable bonds is 2. The molecular weight excluding hydrogens is 176 g/mol. The zero-order valence-corrected chi connectivity index (χ0v) is 9.21. The quantitative estimate of drug-likeness (QED) is 0.600. The predicted molar refractivity (Wildman–Crippen MR) is 56.7 cm³/mol. The van der Waals surface area contributed by atoms with E-state index in [0.717, 1.165) is 13.1 Å². The van der Waals surface area contributed by atoms with E-state index < -0.39 is 0 Å². The molecule has 0 saturated carbocycles. The molecule has 0 aromatic rings. The fraction of sp³-hybridized carbons (Fsp3) is 0.727. The van der Waals surface area contributed by atoms with Gasteiger partial charge in [0.2, 0.25) is 5.91 Å². The second-order valence-electron chi connectivity index (χ2n) is 3.81. The molecule has 1 amide bonds. The van der Waals surface area contributed by atoms with Crippen LogP contribution in [-0.4, -0.2) is 47.9 Å². The fourth-order valence-electron chi connectivity index (χ4n) is 1.51. The molecule has 0 spiro atoms. The van der Waals surface area contributed by atoms with Gasteiger partial charge in [0.15, 0.2) is 0 Å². The van der Waals surface area contributed by atoms with Crippen LogP contribution in [0.3, 0.4) is 0 Å².